The van der Waals surface area contributed by atoms with Crippen LogP contribution in [0.15, 0.2) is 102 Å². The van der Waals surface area contributed by atoms with Gasteiger partial charge in [0.2, 0.25) is 16.4 Å². The monoisotopic (exact) mass is 491 g/mol. The molecule has 0 spiro atoms. The summed E-state index contributed by atoms with van der Waals surface area (Å²) in [4.78, 5) is 14.4. The molecule has 0 aliphatic carbocycles. The zero-order chi connectivity index (χ0) is 24.7. The minimum absolute atomic E-state index is 0.0793. The molecule has 0 bridgehead atoms. The number of hydrogen-bond donors (Lipinski definition) is 4. The first-order chi connectivity index (χ1) is 16.9. The van der Waals surface area contributed by atoms with E-state index in [0.717, 1.165) is 16.7 Å². The van der Waals surface area contributed by atoms with E-state index in [1.54, 1.807) is 42.5 Å². The van der Waals surface area contributed by atoms with Gasteiger partial charge in [-0.1, -0.05) is 66.7 Å². The lowest BCUT2D eigenvalue weighted by Crippen LogP contribution is -2.38. The molecule has 4 rings (SSSR count). The number of H-pyrrole nitrogens is 1. The minimum Gasteiger partial charge on any atom is -0.481 e. The van der Waals surface area contributed by atoms with E-state index in [2.05, 4.69) is 15.0 Å². The molecule has 0 aliphatic rings. The Bertz CT molecular complexity index is 1360. The number of aromatic nitrogens is 2. The Morgan fingerprint density at radius 3 is 2.43 bits per heavy atom. The fourth-order valence-electron chi connectivity index (χ4n) is 3.75. The highest BCUT2D eigenvalue weighted by molar-refractivity contribution is 7.89. The lowest BCUT2D eigenvalue weighted by Gasteiger charge is -2.18. The van der Waals surface area contributed by atoms with E-state index in [9.17, 15) is 18.3 Å². The van der Waals surface area contributed by atoms with Crippen molar-refractivity contribution >= 4 is 16.0 Å². The number of benzene rings is 3. The second-order valence-electron chi connectivity index (χ2n) is 8.12. The van der Waals surface area contributed by atoms with E-state index in [-0.39, 0.29) is 11.3 Å². The number of imidazole rings is 1. The number of rotatable bonds is 11. The molecule has 0 saturated heterocycles. The average molecular weight is 492 g/mol. The summed E-state index contributed by atoms with van der Waals surface area (Å²) in [7, 11) is -3.95. The van der Waals surface area contributed by atoms with Crippen molar-refractivity contribution in [3.05, 3.63) is 109 Å². The molecule has 4 N–H and O–H groups in total. The summed E-state index contributed by atoms with van der Waals surface area (Å²) in [6, 6.07) is 22.4. The number of nitrogens with one attached hydrogen (secondary N) is 3. The maximum Gasteiger partial charge on any atom is 0.305 e. The summed E-state index contributed by atoms with van der Waals surface area (Å²) >= 11 is 0. The SMILES string of the molecule is O=C(O)CC(NS(=O)(=O)c1cccc(-c2ccc(CNC[n+]3cc[nH]c3)cc2)c1)c1ccccc1. The first kappa shape index (κ1) is 24.3. The first-order valence-corrected chi connectivity index (χ1v) is 12.6. The Labute approximate surface area is 204 Å². The number of carboxylic acid groups (broad SMARTS) is 1. The van der Waals surface area contributed by atoms with Gasteiger partial charge in [0, 0.05) is 6.54 Å². The number of hydrogen-bond acceptors (Lipinski definition) is 4. The van der Waals surface area contributed by atoms with Gasteiger partial charge in [-0.25, -0.2) is 17.7 Å². The molecule has 8 nitrogen and oxygen atoms in total. The molecule has 0 amide bonds. The standard InChI is InChI=1S/C26H26N4O4S/c31-26(32)16-25(22-5-2-1-3-6-22)29-35(33,34)24-8-4-7-23(15-24)21-11-9-20(10-12-21)17-28-19-30-14-13-27-18-30/h1-15,18,25,28-29H,16-17,19H2,(H,31,32)/p+1. The van der Waals surface area contributed by atoms with Crippen molar-refractivity contribution in [2.75, 3.05) is 0 Å². The van der Waals surface area contributed by atoms with Crippen LogP contribution in [0.2, 0.25) is 0 Å². The Morgan fingerprint density at radius 1 is 0.971 bits per heavy atom. The molecule has 9 heteroatoms. The molecule has 4 aromatic rings. The summed E-state index contributed by atoms with van der Waals surface area (Å²) in [5.74, 6) is -1.09. The van der Waals surface area contributed by atoms with Gasteiger partial charge in [0.1, 0.15) is 19.1 Å². The summed E-state index contributed by atoms with van der Waals surface area (Å²) in [6.45, 7) is 1.38. The van der Waals surface area contributed by atoms with Crippen molar-refractivity contribution in [2.24, 2.45) is 0 Å². The third kappa shape index (κ3) is 6.63. The van der Waals surface area contributed by atoms with Crippen LogP contribution in [0.4, 0.5) is 0 Å². The predicted molar refractivity (Wildman–Crippen MR) is 131 cm³/mol. The fraction of sp³-hybridized carbons (Fsp3) is 0.154. The molecule has 1 atom stereocenters. The molecule has 0 radical (unpaired) electrons. The summed E-state index contributed by atoms with van der Waals surface area (Å²) in [5, 5.41) is 12.6. The largest absolute Gasteiger partial charge is 0.481 e. The van der Waals surface area contributed by atoms with Crippen LogP contribution in [0.1, 0.15) is 23.6 Å². The zero-order valence-electron chi connectivity index (χ0n) is 19.0. The number of aliphatic carboxylic acids is 1. The van der Waals surface area contributed by atoms with Crippen molar-refractivity contribution in [2.45, 2.75) is 30.6 Å². The van der Waals surface area contributed by atoms with E-state index >= 15 is 0 Å². The smallest absolute Gasteiger partial charge is 0.305 e. The molecule has 3 aromatic carbocycles. The highest BCUT2D eigenvalue weighted by Gasteiger charge is 2.24. The number of nitrogens with zero attached hydrogens (tertiary/aromatic N) is 1. The Balaban J connectivity index is 1.47. The second-order valence-corrected chi connectivity index (χ2v) is 9.83. The molecule has 1 heterocycles. The molecule has 0 fully saturated rings. The van der Waals surface area contributed by atoms with Crippen molar-refractivity contribution in [1.29, 1.82) is 0 Å². The van der Waals surface area contributed by atoms with Crippen LogP contribution in [0, 0.1) is 0 Å². The highest BCUT2D eigenvalue weighted by atomic mass is 32.2. The third-order valence-electron chi connectivity index (χ3n) is 5.54. The van der Waals surface area contributed by atoms with Gasteiger partial charge in [0.05, 0.1) is 17.4 Å². The van der Waals surface area contributed by atoms with Gasteiger partial charge in [-0.05, 0) is 34.4 Å². The van der Waals surface area contributed by atoms with Gasteiger partial charge in [-0.3, -0.25) is 15.1 Å². The van der Waals surface area contributed by atoms with Crippen molar-refractivity contribution in [1.82, 2.24) is 15.0 Å². The summed E-state index contributed by atoms with van der Waals surface area (Å²) in [5.41, 5.74) is 3.34. The van der Waals surface area contributed by atoms with Crippen LogP contribution in [0.25, 0.3) is 11.1 Å². The molecule has 180 valence electrons. The van der Waals surface area contributed by atoms with E-state index in [1.165, 1.54) is 6.07 Å². The normalized spacial score (nSPS) is 12.3. The van der Waals surface area contributed by atoms with Crippen molar-refractivity contribution in [3.63, 3.8) is 0 Å². The summed E-state index contributed by atoms with van der Waals surface area (Å²) < 4.78 is 30.8. The Kier molecular flexibility index (Phi) is 7.71. The van der Waals surface area contributed by atoms with Gasteiger partial charge in [-0.2, -0.15) is 0 Å². The van der Waals surface area contributed by atoms with E-state index < -0.39 is 22.0 Å². The fourth-order valence-corrected chi connectivity index (χ4v) is 5.02. The van der Waals surface area contributed by atoms with Gasteiger partial charge >= 0.3 is 5.97 Å². The molecular formula is C26H27N4O4S+. The zero-order valence-corrected chi connectivity index (χ0v) is 19.8. The topological polar surface area (TPSA) is 115 Å². The van der Waals surface area contributed by atoms with Gasteiger partial charge in [-0.15, -0.1) is 0 Å². The van der Waals surface area contributed by atoms with Crippen LogP contribution in [-0.4, -0.2) is 24.5 Å². The average Bonchev–Trinajstić information content (AvgIpc) is 3.38. The van der Waals surface area contributed by atoms with Crippen molar-refractivity contribution in [3.8, 4) is 11.1 Å². The molecular weight excluding hydrogens is 464 g/mol. The number of carboxylic acids is 1. The Hall–Kier alpha value is -3.79. The molecule has 0 aliphatic heterocycles. The maximum absolute atomic E-state index is 13.1. The lowest BCUT2D eigenvalue weighted by atomic mass is 10.0. The molecule has 0 saturated carbocycles. The number of aromatic amines is 1. The minimum atomic E-state index is -3.95. The number of sulfonamides is 1. The lowest BCUT2D eigenvalue weighted by molar-refractivity contribution is -0.700. The van der Waals surface area contributed by atoms with Crippen LogP contribution in [-0.2, 0) is 28.0 Å². The predicted octanol–water partition coefficient (Wildman–Crippen LogP) is 3.21. The second kappa shape index (κ2) is 11.1. The van der Waals surface area contributed by atoms with Gasteiger partial charge in [0.15, 0.2) is 0 Å². The summed E-state index contributed by atoms with van der Waals surface area (Å²) in [6.07, 6.45) is 5.31. The van der Waals surface area contributed by atoms with E-state index in [0.29, 0.717) is 18.8 Å². The van der Waals surface area contributed by atoms with E-state index in [1.807, 2.05) is 53.6 Å². The third-order valence-corrected chi connectivity index (χ3v) is 7.01. The van der Waals surface area contributed by atoms with Crippen molar-refractivity contribution < 1.29 is 22.9 Å². The Morgan fingerprint density at radius 2 is 1.74 bits per heavy atom. The van der Waals surface area contributed by atoms with Gasteiger partial charge in [0.25, 0.3) is 0 Å². The molecule has 1 aromatic heterocycles. The van der Waals surface area contributed by atoms with Crippen LogP contribution >= 0.6 is 0 Å². The number of carbonyl (C=O) groups is 1. The molecule has 1 unspecified atom stereocenters. The van der Waals surface area contributed by atoms with E-state index in [4.69, 9.17) is 0 Å². The highest BCUT2D eigenvalue weighted by Crippen LogP contribution is 2.25. The van der Waals surface area contributed by atoms with Crippen LogP contribution < -0.4 is 14.6 Å². The maximum atomic E-state index is 13.1. The van der Waals surface area contributed by atoms with Crippen LogP contribution in [0.5, 0.6) is 0 Å². The van der Waals surface area contributed by atoms with Crippen LogP contribution in [0.3, 0.4) is 0 Å². The first-order valence-electron chi connectivity index (χ1n) is 11.1. The van der Waals surface area contributed by atoms with Gasteiger partial charge < -0.3 is 5.11 Å². The quantitative estimate of drug-likeness (QED) is 0.241. The molecule has 35 heavy (non-hydrogen) atoms.